The first-order chi connectivity index (χ1) is 9.16. The molecule has 1 aliphatic carbocycles. The summed E-state index contributed by atoms with van der Waals surface area (Å²) < 4.78 is 13.7. The van der Waals surface area contributed by atoms with Crippen LogP contribution in [-0.4, -0.2) is 19.8 Å². The van der Waals surface area contributed by atoms with Gasteiger partial charge in [0, 0.05) is 46.3 Å². The van der Waals surface area contributed by atoms with Gasteiger partial charge >= 0.3 is 0 Å². The highest BCUT2D eigenvalue weighted by atomic mass is 32.2. The molecule has 2 N–H and O–H groups in total. The Hall–Kier alpha value is -1.10. The van der Waals surface area contributed by atoms with Gasteiger partial charge in [0.25, 0.3) is 5.56 Å². The molecule has 0 radical (unpaired) electrons. The summed E-state index contributed by atoms with van der Waals surface area (Å²) in [5.74, 6) is 0.686. The van der Waals surface area contributed by atoms with Gasteiger partial charge in [-0.05, 0) is 25.3 Å². The Labute approximate surface area is 116 Å². The molecule has 0 aliphatic heterocycles. The summed E-state index contributed by atoms with van der Waals surface area (Å²) in [6.45, 7) is 0.600. The van der Waals surface area contributed by atoms with Gasteiger partial charge in [0.1, 0.15) is 0 Å². The predicted molar refractivity (Wildman–Crippen MR) is 79.6 cm³/mol. The molecule has 0 amide bonds. The maximum absolute atomic E-state index is 12.1. The molecule has 1 fully saturated rings. The SMILES string of the molecule is Nc1ccc(=O)n(CCCS(=O)C2CCCCC2)c1. The second-order valence-electron chi connectivity index (χ2n) is 5.19. The minimum Gasteiger partial charge on any atom is -0.398 e. The number of hydrogen-bond acceptors (Lipinski definition) is 3. The first-order valence-electron chi connectivity index (χ1n) is 7.00. The van der Waals surface area contributed by atoms with Gasteiger partial charge in [0.15, 0.2) is 0 Å². The number of anilines is 1. The Morgan fingerprint density at radius 2 is 2.00 bits per heavy atom. The second-order valence-corrected chi connectivity index (χ2v) is 7.03. The lowest BCUT2D eigenvalue weighted by Gasteiger charge is -2.20. The van der Waals surface area contributed by atoms with E-state index in [1.54, 1.807) is 16.8 Å². The second kappa shape index (κ2) is 6.89. The zero-order chi connectivity index (χ0) is 13.7. The Morgan fingerprint density at radius 1 is 1.26 bits per heavy atom. The number of nitrogens with zero attached hydrogens (tertiary/aromatic N) is 1. The number of rotatable bonds is 5. The van der Waals surface area contributed by atoms with E-state index in [0.29, 0.717) is 23.2 Å². The quantitative estimate of drug-likeness (QED) is 0.897. The number of aryl methyl sites for hydroxylation is 1. The fraction of sp³-hybridized carbons (Fsp3) is 0.643. The van der Waals surface area contributed by atoms with Crippen LogP contribution in [0.4, 0.5) is 5.69 Å². The lowest BCUT2D eigenvalue weighted by atomic mass is 10.0. The van der Waals surface area contributed by atoms with Crippen molar-refractivity contribution in [2.24, 2.45) is 0 Å². The van der Waals surface area contributed by atoms with E-state index in [4.69, 9.17) is 5.73 Å². The Bertz CT molecular complexity index is 492. The average Bonchev–Trinajstić information content (AvgIpc) is 2.43. The van der Waals surface area contributed by atoms with E-state index in [2.05, 4.69) is 0 Å². The summed E-state index contributed by atoms with van der Waals surface area (Å²) >= 11 is 0. The zero-order valence-electron chi connectivity index (χ0n) is 11.2. The van der Waals surface area contributed by atoms with Gasteiger partial charge in [-0.1, -0.05) is 19.3 Å². The van der Waals surface area contributed by atoms with Crippen LogP contribution < -0.4 is 11.3 Å². The minimum absolute atomic E-state index is 0.0438. The maximum atomic E-state index is 12.1. The van der Waals surface area contributed by atoms with Crippen LogP contribution in [0, 0.1) is 0 Å². The molecule has 1 atom stereocenters. The largest absolute Gasteiger partial charge is 0.398 e. The highest BCUT2D eigenvalue weighted by Crippen LogP contribution is 2.22. The number of aromatic nitrogens is 1. The minimum atomic E-state index is -0.739. The van der Waals surface area contributed by atoms with Gasteiger partial charge in [-0.2, -0.15) is 0 Å². The molecule has 0 saturated heterocycles. The maximum Gasteiger partial charge on any atom is 0.250 e. The van der Waals surface area contributed by atoms with Crippen molar-refractivity contribution in [1.29, 1.82) is 0 Å². The number of nitrogens with two attached hydrogens (primary N) is 1. The number of hydrogen-bond donors (Lipinski definition) is 1. The number of pyridine rings is 1. The van der Waals surface area contributed by atoms with Crippen LogP contribution in [0.25, 0.3) is 0 Å². The average molecular weight is 282 g/mol. The molecular formula is C14H22N2O2S. The smallest absolute Gasteiger partial charge is 0.250 e. The number of nitrogen functional groups attached to an aromatic ring is 1. The van der Waals surface area contributed by atoms with E-state index >= 15 is 0 Å². The monoisotopic (exact) mass is 282 g/mol. The summed E-state index contributed by atoms with van der Waals surface area (Å²) in [4.78, 5) is 11.6. The molecular weight excluding hydrogens is 260 g/mol. The third-order valence-corrected chi connectivity index (χ3v) is 5.58. The normalized spacial score (nSPS) is 18.3. The Kier molecular flexibility index (Phi) is 5.19. The van der Waals surface area contributed by atoms with Crippen LogP contribution in [0.2, 0.25) is 0 Å². The predicted octanol–water partition coefficient (Wildman–Crippen LogP) is 1.90. The van der Waals surface area contributed by atoms with E-state index in [1.807, 2.05) is 0 Å². The summed E-state index contributed by atoms with van der Waals surface area (Å²) in [5.41, 5.74) is 6.20. The van der Waals surface area contributed by atoms with Gasteiger partial charge in [-0.15, -0.1) is 0 Å². The highest BCUT2D eigenvalue weighted by molar-refractivity contribution is 7.85. The van der Waals surface area contributed by atoms with Crippen LogP contribution in [0.1, 0.15) is 38.5 Å². The molecule has 2 rings (SSSR count). The van der Waals surface area contributed by atoms with Crippen LogP contribution in [0.5, 0.6) is 0 Å². The molecule has 1 saturated carbocycles. The molecule has 1 aromatic heterocycles. The summed E-state index contributed by atoms with van der Waals surface area (Å²) in [6.07, 6.45) is 8.34. The molecule has 106 valence electrons. The van der Waals surface area contributed by atoms with Crippen molar-refractivity contribution in [3.63, 3.8) is 0 Å². The molecule has 0 bridgehead atoms. The van der Waals surface area contributed by atoms with Crippen molar-refractivity contribution in [3.05, 3.63) is 28.7 Å². The van der Waals surface area contributed by atoms with Crippen LogP contribution in [0.3, 0.4) is 0 Å². The molecule has 19 heavy (non-hydrogen) atoms. The van der Waals surface area contributed by atoms with Gasteiger partial charge in [-0.25, -0.2) is 0 Å². The van der Waals surface area contributed by atoms with Crippen molar-refractivity contribution in [3.8, 4) is 0 Å². The van der Waals surface area contributed by atoms with Gasteiger partial charge in [0.2, 0.25) is 0 Å². The standard InChI is InChI=1S/C14H22N2O2S/c15-12-7-8-14(17)16(11-12)9-4-10-19(18)13-5-2-1-3-6-13/h7-8,11,13H,1-6,9-10,15H2. The molecule has 1 heterocycles. The van der Waals surface area contributed by atoms with Gasteiger partial charge < -0.3 is 10.3 Å². The van der Waals surface area contributed by atoms with Crippen molar-refractivity contribution in [2.45, 2.75) is 50.3 Å². The summed E-state index contributed by atoms with van der Waals surface area (Å²) in [5, 5.41) is 0.381. The summed E-state index contributed by atoms with van der Waals surface area (Å²) in [7, 11) is -0.739. The van der Waals surface area contributed by atoms with Gasteiger partial charge in [-0.3, -0.25) is 9.00 Å². The van der Waals surface area contributed by atoms with Crippen molar-refractivity contribution in [2.75, 3.05) is 11.5 Å². The molecule has 5 heteroatoms. The molecule has 1 aliphatic rings. The van der Waals surface area contributed by atoms with E-state index in [0.717, 1.165) is 19.3 Å². The van der Waals surface area contributed by atoms with Crippen molar-refractivity contribution < 1.29 is 4.21 Å². The van der Waals surface area contributed by atoms with E-state index in [9.17, 15) is 9.00 Å². The van der Waals surface area contributed by atoms with E-state index in [-0.39, 0.29) is 5.56 Å². The summed E-state index contributed by atoms with van der Waals surface area (Å²) in [6, 6.07) is 3.09. The topological polar surface area (TPSA) is 65.1 Å². The van der Waals surface area contributed by atoms with E-state index < -0.39 is 10.8 Å². The van der Waals surface area contributed by atoms with E-state index in [1.165, 1.54) is 25.3 Å². The molecule has 1 unspecified atom stereocenters. The first-order valence-corrected chi connectivity index (χ1v) is 8.38. The van der Waals surface area contributed by atoms with Gasteiger partial charge in [0.05, 0.1) is 0 Å². The lowest BCUT2D eigenvalue weighted by molar-refractivity contribution is 0.503. The lowest BCUT2D eigenvalue weighted by Crippen LogP contribution is -2.23. The molecule has 1 aromatic rings. The molecule has 0 spiro atoms. The van der Waals surface area contributed by atoms with Crippen LogP contribution in [0.15, 0.2) is 23.1 Å². The fourth-order valence-corrected chi connectivity index (χ4v) is 4.20. The molecule has 0 aromatic carbocycles. The van der Waals surface area contributed by atoms with Crippen LogP contribution >= 0.6 is 0 Å². The fourth-order valence-electron chi connectivity index (χ4n) is 2.60. The highest BCUT2D eigenvalue weighted by Gasteiger charge is 2.19. The Morgan fingerprint density at radius 3 is 2.74 bits per heavy atom. The Balaban J connectivity index is 1.81. The van der Waals surface area contributed by atoms with Crippen molar-refractivity contribution >= 4 is 16.5 Å². The van der Waals surface area contributed by atoms with Crippen molar-refractivity contribution in [1.82, 2.24) is 4.57 Å². The third-order valence-electron chi connectivity index (χ3n) is 3.67. The zero-order valence-corrected chi connectivity index (χ0v) is 12.0. The third kappa shape index (κ3) is 4.20. The first kappa shape index (κ1) is 14.3. The van der Waals surface area contributed by atoms with Crippen LogP contribution in [-0.2, 0) is 17.3 Å². The molecule has 4 nitrogen and oxygen atoms in total.